The average Bonchev–Trinajstić information content (AvgIpc) is 2.74. The Balaban J connectivity index is 2.02. The molecule has 0 radical (unpaired) electrons. The van der Waals surface area contributed by atoms with Crippen LogP contribution in [0.2, 0.25) is 0 Å². The number of carbonyl (C=O) groups is 1. The number of H-pyrrole nitrogens is 1. The van der Waals surface area contributed by atoms with Gasteiger partial charge in [-0.25, -0.2) is 0 Å². The van der Waals surface area contributed by atoms with Crippen LogP contribution < -0.4 is 5.73 Å². The summed E-state index contributed by atoms with van der Waals surface area (Å²) in [5, 5.41) is 1.13. The fourth-order valence-corrected chi connectivity index (χ4v) is 2.40. The second-order valence-corrected chi connectivity index (χ2v) is 5.93. The lowest BCUT2D eigenvalue weighted by Gasteiger charge is -2.12. The first kappa shape index (κ1) is 15.6. The van der Waals surface area contributed by atoms with Crippen LogP contribution in [0.5, 0.6) is 0 Å². The highest BCUT2D eigenvalue weighted by Gasteiger charge is 2.19. The van der Waals surface area contributed by atoms with Gasteiger partial charge in [0.15, 0.2) is 0 Å². The van der Waals surface area contributed by atoms with E-state index in [4.69, 9.17) is 10.5 Å². The number of hydrogen-bond acceptors (Lipinski definition) is 3. The van der Waals surface area contributed by atoms with Gasteiger partial charge in [0, 0.05) is 23.0 Å². The molecule has 0 bridgehead atoms. The van der Waals surface area contributed by atoms with Gasteiger partial charge in [0.25, 0.3) is 0 Å². The predicted molar refractivity (Wildman–Crippen MR) is 85.1 cm³/mol. The van der Waals surface area contributed by atoms with Crippen molar-refractivity contribution < 1.29 is 9.53 Å². The lowest BCUT2D eigenvalue weighted by molar-refractivity contribution is -0.145. The van der Waals surface area contributed by atoms with Crippen LogP contribution >= 0.6 is 0 Å². The largest absolute Gasteiger partial charge is 0.465 e. The van der Waals surface area contributed by atoms with E-state index in [0.29, 0.717) is 18.9 Å². The molecule has 0 aliphatic carbocycles. The van der Waals surface area contributed by atoms with Crippen LogP contribution in [-0.4, -0.2) is 23.6 Å². The molecule has 21 heavy (non-hydrogen) atoms. The zero-order valence-electron chi connectivity index (χ0n) is 13.0. The van der Waals surface area contributed by atoms with Crippen molar-refractivity contribution >= 4 is 16.9 Å². The molecular weight excluding hydrogens is 264 g/mol. The first-order valence-electron chi connectivity index (χ1n) is 7.47. The predicted octanol–water partition coefficient (Wildman–Crippen LogP) is 2.94. The van der Waals surface area contributed by atoms with Crippen molar-refractivity contribution in [3.63, 3.8) is 0 Å². The van der Waals surface area contributed by atoms with Crippen LogP contribution in [0.25, 0.3) is 10.9 Å². The Morgan fingerprint density at radius 1 is 1.33 bits per heavy atom. The molecule has 4 nitrogen and oxygen atoms in total. The molecule has 0 spiro atoms. The van der Waals surface area contributed by atoms with E-state index in [0.717, 1.165) is 28.6 Å². The van der Waals surface area contributed by atoms with E-state index in [1.165, 1.54) is 0 Å². The minimum absolute atomic E-state index is 0.319. The number of para-hydroxylation sites is 1. The van der Waals surface area contributed by atoms with Gasteiger partial charge in [-0.2, -0.15) is 0 Å². The van der Waals surface area contributed by atoms with E-state index in [1.807, 2.05) is 31.2 Å². The molecule has 0 saturated heterocycles. The van der Waals surface area contributed by atoms with Crippen LogP contribution in [0, 0.1) is 12.8 Å². The monoisotopic (exact) mass is 288 g/mol. The summed E-state index contributed by atoms with van der Waals surface area (Å²) in [5.74, 6) is 0.199. The third-order valence-corrected chi connectivity index (χ3v) is 3.69. The Hall–Kier alpha value is -1.81. The molecule has 0 saturated carbocycles. The Morgan fingerprint density at radius 2 is 2.05 bits per heavy atom. The number of carbonyl (C=O) groups excluding carboxylic acids is 1. The van der Waals surface area contributed by atoms with Crippen LogP contribution in [0.1, 0.15) is 31.5 Å². The summed E-state index contributed by atoms with van der Waals surface area (Å²) in [6.45, 7) is 6.65. The Bertz CT molecular complexity index is 616. The average molecular weight is 288 g/mol. The van der Waals surface area contributed by atoms with Gasteiger partial charge < -0.3 is 15.5 Å². The van der Waals surface area contributed by atoms with Gasteiger partial charge in [-0.3, -0.25) is 4.79 Å². The van der Waals surface area contributed by atoms with Gasteiger partial charge in [-0.15, -0.1) is 0 Å². The molecule has 1 heterocycles. The summed E-state index contributed by atoms with van der Waals surface area (Å²) in [4.78, 5) is 15.3. The number of nitrogens with one attached hydrogen (secondary N) is 1. The van der Waals surface area contributed by atoms with Crippen LogP contribution in [0.3, 0.4) is 0 Å². The normalized spacial score (nSPS) is 12.8. The maximum absolute atomic E-state index is 11.9. The molecule has 2 aromatic rings. The fourth-order valence-electron chi connectivity index (χ4n) is 2.40. The number of hydrogen-bond donors (Lipinski definition) is 2. The van der Waals surface area contributed by atoms with Crippen molar-refractivity contribution in [3.05, 3.63) is 35.5 Å². The minimum atomic E-state index is -0.616. The van der Waals surface area contributed by atoms with Crippen LogP contribution in [0.15, 0.2) is 24.3 Å². The second kappa shape index (κ2) is 6.76. The molecule has 1 aromatic heterocycles. The maximum atomic E-state index is 11.9. The Morgan fingerprint density at radius 3 is 2.76 bits per heavy atom. The number of esters is 1. The molecule has 3 N–H and O–H groups in total. The van der Waals surface area contributed by atoms with E-state index in [2.05, 4.69) is 18.8 Å². The summed E-state index contributed by atoms with van der Waals surface area (Å²) in [5.41, 5.74) is 9.22. The lowest BCUT2D eigenvalue weighted by Crippen LogP contribution is -2.34. The number of aromatic amines is 1. The van der Waals surface area contributed by atoms with Crippen molar-refractivity contribution in [1.29, 1.82) is 0 Å². The highest BCUT2D eigenvalue weighted by atomic mass is 16.5. The van der Waals surface area contributed by atoms with E-state index in [9.17, 15) is 4.79 Å². The number of benzene rings is 1. The van der Waals surface area contributed by atoms with Gasteiger partial charge in [0.05, 0.1) is 6.61 Å². The zero-order chi connectivity index (χ0) is 15.4. The summed E-state index contributed by atoms with van der Waals surface area (Å²) in [6.07, 6.45) is 1.36. The highest BCUT2D eigenvalue weighted by Crippen LogP contribution is 2.23. The highest BCUT2D eigenvalue weighted by molar-refractivity contribution is 5.85. The van der Waals surface area contributed by atoms with Gasteiger partial charge in [0.2, 0.25) is 0 Å². The van der Waals surface area contributed by atoms with Gasteiger partial charge in [0.1, 0.15) is 6.04 Å². The molecule has 0 amide bonds. The van der Waals surface area contributed by atoms with E-state index in [-0.39, 0.29) is 5.97 Å². The zero-order valence-corrected chi connectivity index (χ0v) is 13.0. The second-order valence-electron chi connectivity index (χ2n) is 5.93. The van der Waals surface area contributed by atoms with Crippen LogP contribution in [-0.2, 0) is 16.0 Å². The molecule has 1 atom stereocenters. The van der Waals surface area contributed by atoms with Crippen molar-refractivity contribution in [1.82, 2.24) is 4.98 Å². The third kappa shape index (κ3) is 3.85. The fraction of sp³-hybridized carbons (Fsp3) is 0.471. The lowest BCUT2D eigenvalue weighted by atomic mass is 10.0. The summed E-state index contributed by atoms with van der Waals surface area (Å²) >= 11 is 0. The number of aryl methyl sites for hydroxylation is 1. The summed E-state index contributed by atoms with van der Waals surface area (Å²) in [7, 11) is 0. The Kier molecular flexibility index (Phi) is 5.02. The van der Waals surface area contributed by atoms with Crippen LogP contribution in [0.4, 0.5) is 0 Å². The van der Waals surface area contributed by atoms with E-state index in [1.54, 1.807) is 0 Å². The van der Waals surface area contributed by atoms with Crippen molar-refractivity contribution in [2.45, 2.75) is 39.7 Å². The molecule has 2 rings (SSSR count). The maximum Gasteiger partial charge on any atom is 0.323 e. The van der Waals surface area contributed by atoms with Crippen molar-refractivity contribution in [3.8, 4) is 0 Å². The molecular formula is C17H24N2O2. The van der Waals surface area contributed by atoms with Gasteiger partial charge in [-0.05, 0) is 30.9 Å². The number of rotatable bonds is 6. The topological polar surface area (TPSA) is 68.1 Å². The number of ether oxygens (including phenoxy) is 1. The van der Waals surface area contributed by atoms with Gasteiger partial charge in [-0.1, -0.05) is 32.0 Å². The third-order valence-electron chi connectivity index (χ3n) is 3.69. The molecule has 0 aliphatic heterocycles. The Labute approximate surface area is 125 Å². The standard InChI is InChI=1S/C17H24N2O2/c1-11(2)8-9-21-17(20)15(18)10-14-12(3)19-16-7-5-4-6-13(14)16/h4-7,11,15,19H,8-10,18H2,1-3H3/t15-/m0/s1. The summed E-state index contributed by atoms with van der Waals surface area (Å²) in [6, 6.07) is 7.44. The molecule has 1 aromatic carbocycles. The first-order valence-corrected chi connectivity index (χ1v) is 7.47. The van der Waals surface area contributed by atoms with E-state index >= 15 is 0 Å². The number of fused-ring (bicyclic) bond motifs is 1. The smallest absolute Gasteiger partial charge is 0.323 e. The molecule has 114 valence electrons. The summed E-state index contributed by atoms with van der Waals surface area (Å²) < 4.78 is 5.24. The SMILES string of the molecule is Cc1[nH]c2ccccc2c1C[C@H](N)C(=O)OCCC(C)C. The van der Waals surface area contributed by atoms with Gasteiger partial charge >= 0.3 is 5.97 Å². The van der Waals surface area contributed by atoms with Crippen molar-refractivity contribution in [2.75, 3.05) is 6.61 Å². The molecule has 0 fully saturated rings. The molecule has 0 unspecified atom stereocenters. The molecule has 0 aliphatic rings. The first-order chi connectivity index (χ1) is 9.99. The quantitative estimate of drug-likeness (QED) is 0.803. The number of aromatic nitrogens is 1. The number of nitrogens with two attached hydrogens (primary N) is 1. The van der Waals surface area contributed by atoms with Crippen molar-refractivity contribution in [2.24, 2.45) is 11.7 Å². The van der Waals surface area contributed by atoms with E-state index < -0.39 is 6.04 Å². The molecule has 4 heteroatoms. The minimum Gasteiger partial charge on any atom is -0.465 e.